The number of carbonyl (C=O) groups is 1. The number of benzene rings is 1. The van der Waals surface area contributed by atoms with Crippen molar-refractivity contribution in [3.05, 3.63) is 56.7 Å². The molecular formula is C18H21N5O3S. The van der Waals surface area contributed by atoms with E-state index in [0.29, 0.717) is 29.4 Å². The van der Waals surface area contributed by atoms with Crippen molar-refractivity contribution in [1.29, 1.82) is 0 Å². The first-order valence-corrected chi connectivity index (χ1v) is 9.52. The molecule has 0 unspecified atom stereocenters. The molecule has 0 radical (unpaired) electrons. The van der Waals surface area contributed by atoms with Gasteiger partial charge in [0.2, 0.25) is 5.91 Å². The van der Waals surface area contributed by atoms with E-state index >= 15 is 0 Å². The van der Waals surface area contributed by atoms with E-state index in [2.05, 4.69) is 10.3 Å². The molecule has 142 valence electrons. The Bertz CT molecular complexity index is 1100. The minimum absolute atomic E-state index is 0.125. The van der Waals surface area contributed by atoms with E-state index in [1.165, 1.54) is 23.4 Å². The van der Waals surface area contributed by atoms with Crippen LogP contribution in [-0.4, -0.2) is 30.3 Å². The first-order chi connectivity index (χ1) is 12.9. The van der Waals surface area contributed by atoms with Crippen molar-refractivity contribution < 1.29 is 4.79 Å². The lowest BCUT2D eigenvalue weighted by molar-refractivity contribution is -0.118. The Hall–Kier alpha value is -2.81. The van der Waals surface area contributed by atoms with Gasteiger partial charge in [-0.1, -0.05) is 42.1 Å². The smallest absolute Gasteiger partial charge is 0.332 e. The molecule has 0 fully saturated rings. The van der Waals surface area contributed by atoms with E-state index in [9.17, 15) is 14.4 Å². The summed E-state index contributed by atoms with van der Waals surface area (Å²) < 4.78 is 4.16. The summed E-state index contributed by atoms with van der Waals surface area (Å²) in [7, 11) is 3.03. The summed E-state index contributed by atoms with van der Waals surface area (Å²) >= 11 is 1.25. The highest BCUT2D eigenvalue weighted by Crippen LogP contribution is 2.21. The standard InChI is InChI=1S/C18H21N5O3S/c1-4-23-14-15(21(2)18(26)22(3)16(14)25)20-17(23)27-11-13(24)19-10-12-8-6-5-7-9-12/h5-9H,4,10-11H2,1-3H3,(H,19,24). The topological polar surface area (TPSA) is 90.9 Å². The minimum atomic E-state index is -0.426. The molecule has 0 aliphatic carbocycles. The zero-order valence-corrected chi connectivity index (χ0v) is 16.2. The lowest BCUT2D eigenvalue weighted by Crippen LogP contribution is -2.37. The SMILES string of the molecule is CCn1c(SCC(=O)NCc2ccccc2)nc2c1c(=O)n(C)c(=O)n2C. The lowest BCUT2D eigenvalue weighted by Gasteiger charge is -2.07. The number of thioether (sulfide) groups is 1. The number of rotatable bonds is 6. The van der Waals surface area contributed by atoms with E-state index in [4.69, 9.17) is 0 Å². The van der Waals surface area contributed by atoms with Crippen molar-refractivity contribution in [3.63, 3.8) is 0 Å². The monoisotopic (exact) mass is 387 g/mol. The molecule has 9 heteroatoms. The number of carbonyl (C=O) groups excluding carboxylic acids is 1. The summed E-state index contributed by atoms with van der Waals surface area (Å²) in [6.07, 6.45) is 0. The van der Waals surface area contributed by atoms with E-state index in [1.54, 1.807) is 11.6 Å². The Balaban J connectivity index is 1.80. The Morgan fingerprint density at radius 2 is 1.85 bits per heavy atom. The molecule has 0 aliphatic heterocycles. The van der Waals surface area contributed by atoms with Crippen LogP contribution in [0.4, 0.5) is 0 Å². The summed E-state index contributed by atoms with van der Waals surface area (Å²) in [5.74, 6) is 0.0464. The second-order valence-corrected chi connectivity index (χ2v) is 7.01. The number of nitrogens with zero attached hydrogens (tertiary/aromatic N) is 4. The van der Waals surface area contributed by atoms with Gasteiger partial charge in [-0.2, -0.15) is 0 Å². The fourth-order valence-corrected chi connectivity index (χ4v) is 3.70. The minimum Gasteiger partial charge on any atom is -0.351 e. The van der Waals surface area contributed by atoms with Gasteiger partial charge in [-0.15, -0.1) is 0 Å². The molecule has 27 heavy (non-hydrogen) atoms. The summed E-state index contributed by atoms with van der Waals surface area (Å²) in [6.45, 7) is 2.86. The van der Waals surface area contributed by atoms with Gasteiger partial charge in [0, 0.05) is 27.2 Å². The van der Waals surface area contributed by atoms with Crippen LogP contribution >= 0.6 is 11.8 Å². The van der Waals surface area contributed by atoms with Crippen molar-refractivity contribution in [2.45, 2.75) is 25.2 Å². The Kier molecular flexibility index (Phi) is 5.50. The number of aryl methyl sites for hydroxylation is 2. The largest absolute Gasteiger partial charge is 0.351 e. The number of hydrogen-bond donors (Lipinski definition) is 1. The highest BCUT2D eigenvalue weighted by molar-refractivity contribution is 7.99. The maximum Gasteiger partial charge on any atom is 0.332 e. The maximum atomic E-state index is 12.5. The third kappa shape index (κ3) is 3.68. The second-order valence-electron chi connectivity index (χ2n) is 6.07. The quantitative estimate of drug-likeness (QED) is 0.634. The van der Waals surface area contributed by atoms with Crippen LogP contribution in [0.5, 0.6) is 0 Å². The molecule has 0 saturated heterocycles. The van der Waals surface area contributed by atoms with Crippen LogP contribution in [0.15, 0.2) is 45.1 Å². The van der Waals surface area contributed by atoms with Crippen molar-refractivity contribution in [1.82, 2.24) is 24.0 Å². The molecule has 8 nitrogen and oxygen atoms in total. The molecule has 2 aromatic heterocycles. The molecule has 0 bridgehead atoms. The van der Waals surface area contributed by atoms with Gasteiger partial charge in [-0.3, -0.25) is 18.7 Å². The van der Waals surface area contributed by atoms with Crippen molar-refractivity contribution in [3.8, 4) is 0 Å². The number of fused-ring (bicyclic) bond motifs is 1. The van der Waals surface area contributed by atoms with Gasteiger partial charge >= 0.3 is 5.69 Å². The fraction of sp³-hybridized carbons (Fsp3) is 0.333. The highest BCUT2D eigenvalue weighted by Gasteiger charge is 2.19. The molecule has 0 atom stereocenters. The number of nitrogens with one attached hydrogen (secondary N) is 1. The molecule has 0 saturated carbocycles. The number of imidazole rings is 1. The van der Waals surface area contributed by atoms with Crippen LogP contribution < -0.4 is 16.6 Å². The average Bonchev–Trinajstić information content (AvgIpc) is 3.07. The summed E-state index contributed by atoms with van der Waals surface area (Å²) in [4.78, 5) is 41.2. The van der Waals surface area contributed by atoms with Crippen molar-refractivity contribution in [2.24, 2.45) is 14.1 Å². The average molecular weight is 387 g/mol. The van der Waals surface area contributed by atoms with Gasteiger partial charge in [-0.05, 0) is 12.5 Å². The van der Waals surface area contributed by atoms with Gasteiger partial charge in [0.1, 0.15) is 0 Å². The second kappa shape index (κ2) is 7.83. The number of amides is 1. The Labute approximate surface area is 159 Å². The highest BCUT2D eigenvalue weighted by atomic mass is 32.2. The first-order valence-electron chi connectivity index (χ1n) is 8.53. The van der Waals surface area contributed by atoms with E-state index in [-0.39, 0.29) is 17.2 Å². The summed E-state index contributed by atoms with van der Waals surface area (Å²) in [6, 6.07) is 9.66. The van der Waals surface area contributed by atoms with Crippen LogP contribution in [-0.2, 0) is 32.0 Å². The van der Waals surface area contributed by atoms with Crippen LogP contribution in [0.3, 0.4) is 0 Å². The van der Waals surface area contributed by atoms with Crippen LogP contribution in [0.1, 0.15) is 12.5 Å². The fourth-order valence-electron chi connectivity index (χ4n) is 2.81. The van der Waals surface area contributed by atoms with Crippen molar-refractivity contribution in [2.75, 3.05) is 5.75 Å². The van der Waals surface area contributed by atoms with Gasteiger partial charge < -0.3 is 9.88 Å². The molecule has 0 spiro atoms. The normalized spacial score (nSPS) is 11.1. The summed E-state index contributed by atoms with van der Waals surface area (Å²) in [5, 5.41) is 3.41. The first kappa shape index (κ1) is 19.0. The molecule has 2 heterocycles. The molecule has 1 N–H and O–H groups in total. The Morgan fingerprint density at radius 3 is 2.52 bits per heavy atom. The molecule has 0 aliphatic rings. The van der Waals surface area contributed by atoms with Gasteiger partial charge in [0.15, 0.2) is 16.3 Å². The van der Waals surface area contributed by atoms with Crippen molar-refractivity contribution >= 4 is 28.8 Å². The van der Waals surface area contributed by atoms with E-state index < -0.39 is 5.69 Å². The molecular weight excluding hydrogens is 366 g/mol. The number of hydrogen-bond acceptors (Lipinski definition) is 5. The van der Waals surface area contributed by atoms with Gasteiger partial charge in [0.05, 0.1) is 5.75 Å². The molecule has 1 amide bonds. The van der Waals surface area contributed by atoms with Gasteiger partial charge in [-0.25, -0.2) is 9.78 Å². The third-order valence-corrected chi connectivity index (χ3v) is 5.27. The van der Waals surface area contributed by atoms with E-state index in [0.717, 1.165) is 10.1 Å². The zero-order chi connectivity index (χ0) is 19.6. The third-order valence-electron chi connectivity index (χ3n) is 4.29. The predicted octanol–water partition coefficient (Wildman–Crippen LogP) is 0.862. The predicted molar refractivity (Wildman–Crippen MR) is 105 cm³/mol. The van der Waals surface area contributed by atoms with Crippen LogP contribution in [0, 0.1) is 0 Å². The lowest BCUT2D eigenvalue weighted by atomic mass is 10.2. The number of aromatic nitrogens is 4. The summed E-state index contributed by atoms with van der Waals surface area (Å²) in [5.41, 5.74) is 0.912. The maximum absolute atomic E-state index is 12.5. The molecule has 3 rings (SSSR count). The van der Waals surface area contributed by atoms with Crippen LogP contribution in [0.2, 0.25) is 0 Å². The van der Waals surface area contributed by atoms with Crippen LogP contribution in [0.25, 0.3) is 11.2 Å². The van der Waals surface area contributed by atoms with E-state index in [1.807, 2.05) is 37.3 Å². The molecule has 1 aromatic carbocycles. The zero-order valence-electron chi connectivity index (χ0n) is 15.4. The van der Waals surface area contributed by atoms with Gasteiger partial charge in [0.25, 0.3) is 5.56 Å². The molecule has 3 aromatic rings. The Morgan fingerprint density at radius 1 is 1.15 bits per heavy atom.